The van der Waals surface area contributed by atoms with E-state index in [9.17, 15) is 4.79 Å². The van der Waals surface area contributed by atoms with Gasteiger partial charge in [0.1, 0.15) is 6.29 Å². The number of aldehydes is 1. The van der Waals surface area contributed by atoms with Gasteiger partial charge in [-0.3, -0.25) is 0 Å². The van der Waals surface area contributed by atoms with Crippen LogP contribution in [-0.2, 0) is 17.6 Å². The third-order valence-corrected chi connectivity index (χ3v) is 2.93. The summed E-state index contributed by atoms with van der Waals surface area (Å²) in [6.07, 6.45) is 4.93. The molecule has 0 spiro atoms. The fourth-order valence-electron chi connectivity index (χ4n) is 1.14. The van der Waals surface area contributed by atoms with Crippen molar-refractivity contribution in [1.29, 1.82) is 0 Å². The molecule has 0 N–H and O–H groups in total. The van der Waals surface area contributed by atoms with Crippen molar-refractivity contribution in [3.8, 4) is 0 Å². The van der Waals surface area contributed by atoms with Crippen LogP contribution in [0.3, 0.4) is 0 Å². The first kappa shape index (κ1) is 9.46. The Morgan fingerprint density at radius 1 is 1.33 bits per heavy atom. The molecule has 0 aliphatic rings. The maximum atomic E-state index is 10.1. The summed E-state index contributed by atoms with van der Waals surface area (Å²) in [4.78, 5) is 12.9. The smallest absolute Gasteiger partial charge is 0.120 e. The first-order chi connectivity index (χ1) is 5.86. The standard InChI is InChI=1S/C10H14OS/c1-2-4-9-6-7-10(12-9)5-3-8-11/h6-8H,2-5H2,1H3. The molecule has 0 bridgehead atoms. The summed E-state index contributed by atoms with van der Waals surface area (Å²) in [5, 5.41) is 0. The molecule has 0 unspecified atom stereocenters. The number of carbonyl (C=O) groups is 1. The van der Waals surface area contributed by atoms with Crippen molar-refractivity contribution in [3.63, 3.8) is 0 Å². The molecule has 1 aromatic rings. The van der Waals surface area contributed by atoms with Crippen molar-refractivity contribution in [2.75, 3.05) is 0 Å². The van der Waals surface area contributed by atoms with Crippen LogP contribution in [0.1, 0.15) is 29.5 Å². The summed E-state index contributed by atoms with van der Waals surface area (Å²) < 4.78 is 0. The van der Waals surface area contributed by atoms with E-state index >= 15 is 0 Å². The van der Waals surface area contributed by atoms with Crippen molar-refractivity contribution in [2.24, 2.45) is 0 Å². The molecular weight excluding hydrogens is 168 g/mol. The van der Waals surface area contributed by atoms with Crippen LogP contribution >= 0.6 is 11.3 Å². The summed E-state index contributed by atoms with van der Waals surface area (Å²) in [5.41, 5.74) is 0. The van der Waals surface area contributed by atoms with Crippen LogP contribution in [0.2, 0.25) is 0 Å². The highest BCUT2D eigenvalue weighted by Crippen LogP contribution is 2.18. The number of aryl methyl sites for hydroxylation is 2. The Balaban J connectivity index is 2.46. The van der Waals surface area contributed by atoms with E-state index in [0.29, 0.717) is 6.42 Å². The Morgan fingerprint density at radius 3 is 2.58 bits per heavy atom. The molecule has 0 saturated heterocycles. The highest BCUT2D eigenvalue weighted by molar-refractivity contribution is 7.11. The summed E-state index contributed by atoms with van der Waals surface area (Å²) in [5.74, 6) is 0. The van der Waals surface area contributed by atoms with Gasteiger partial charge in [-0.2, -0.15) is 0 Å². The average molecular weight is 182 g/mol. The van der Waals surface area contributed by atoms with Crippen molar-refractivity contribution < 1.29 is 4.79 Å². The lowest BCUT2D eigenvalue weighted by Gasteiger charge is -1.90. The third kappa shape index (κ3) is 2.78. The topological polar surface area (TPSA) is 17.1 Å². The molecule has 12 heavy (non-hydrogen) atoms. The van der Waals surface area contributed by atoms with E-state index in [4.69, 9.17) is 0 Å². The van der Waals surface area contributed by atoms with E-state index in [-0.39, 0.29) is 0 Å². The second kappa shape index (κ2) is 5.09. The Hall–Kier alpha value is -0.630. The first-order valence-electron chi connectivity index (χ1n) is 4.38. The zero-order valence-corrected chi connectivity index (χ0v) is 8.19. The highest BCUT2D eigenvalue weighted by Gasteiger charge is 1.98. The molecule has 1 aromatic heterocycles. The van der Waals surface area contributed by atoms with E-state index in [1.807, 2.05) is 11.3 Å². The molecule has 2 heteroatoms. The SMILES string of the molecule is CCCc1ccc(CCC=O)s1. The van der Waals surface area contributed by atoms with Gasteiger partial charge in [-0.1, -0.05) is 13.3 Å². The van der Waals surface area contributed by atoms with Crippen LogP contribution in [-0.4, -0.2) is 6.29 Å². The van der Waals surface area contributed by atoms with Gasteiger partial charge in [0.15, 0.2) is 0 Å². The number of carbonyl (C=O) groups excluding carboxylic acids is 1. The monoisotopic (exact) mass is 182 g/mol. The lowest BCUT2D eigenvalue weighted by molar-refractivity contribution is -0.107. The average Bonchev–Trinajstić information content (AvgIpc) is 2.50. The fourth-order valence-corrected chi connectivity index (χ4v) is 2.27. The van der Waals surface area contributed by atoms with Gasteiger partial charge < -0.3 is 4.79 Å². The minimum atomic E-state index is 0.659. The maximum Gasteiger partial charge on any atom is 0.120 e. The highest BCUT2D eigenvalue weighted by atomic mass is 32.1. The predicted molar refractivity (Wildman–Crippen MR) is 52.7 cm³/mol. The van der Waals surface area contributed by atoms with Gasteiger partial charge in [-0.15, -0.1) is 11.3 Å². The molecule has 0 aliphatic heterocycles. The molecule has 0 aromatic carbocycles. The van der Waals surface area contributed by atoms with Crippen LogP contribution in [0.15, 0.2) is 12.1 Å². The van der Waals surface area contributed by atoms with E-state index in [2.05, 4.69) is 19.1 Å². The van der Waals surface area contributed by atoms with Gasteiger partial charge in [-0.25, -0.2) is 0 Å². The zero-order chi connectivity index (χ0) is 8.81. The number of thiophene rings is 1. The number of rotatable bonds is 5. The Kier molecular flexibility index (Phi) is 4.01. The minimum absolute atomic E-state index is 0.659. The molecule has 0 fully saturated rings. The normalized spacial score (nSPS) is 10.1. The lowest BCUT2D eigenvalue weighted by atomic mass is 10.2. The molecular formula is C10H14OS. The summed E-state index contributed by atoms with van der Waals surface area (Å²) >= 11 is 1.84. The first-order valence-corrected chi connectivity index (χ1v) is 5.19. The van der Waals surface area contributed by atoms with Gasteiger partial charge in [0.05, 0.1) is 0 Å². The molecule has 1 rings (SSSR count). The lowest BCUT2D eigenvalue weighted by Crippen LogP contribution is -1.79. The number of hydrogen-bond donors (Lipinski definition) is 0. The van der Waals surface area contributed by atoms with Crippen molar-refractivity contribution >= 4 is 17.6 Å². The second-order valence-electron chi connectivity index (χ2n) is 2.82. The van der Waals surface area contributed by atoms with E-state index in [1.165, 1.54) is 22.6 Å². The van der Waals surface area contributed by atoms with Crippen LogP contribution in [0.4, 0.5) is 0 Å². The van der Waals surface area contributed by atoms with Crippen LogP contribution in [0.5, 0.6) is 0 Å². The Morgan fingerprint density at radius 2 is 2.00 bits per heavy atom. The largest absolute Gasteiger partial charge is 0.303 e. The molecule has 0 aliphatic carbocycles. The van der Waals surface area contributed by atoms with Gasteiger partial charge in [0.25, 0.3) is 0 Å². The van der Waals surface area contributed by atoms with Crippen molar-refractivity contribution in [3.05, 3.63) is 21.9 Å². The summed E-state index contributed by atoms with van der Waals surface area (Å²) in [7, 11) is 0. The predicted octanol–water partition coefficient (Wildman–Crippen LogP) is 2.83. The second-order valence-corrected chi connectivity index (χ2v) is 4.08. The van der Waals surface area contributed by atoms with E-state index in [1.54, 1.807) is 0 Å². The molecule has 1 heterocycles. The van der Waals surface area contributed by atoms with Crippen molar-refractivity contribution in [1.82, 2.24) is 0 Å². The fraction of sp³-hybridized carbons (Fsp3) is 0.500. The molecule has 0 amide bonds. The quantitative estimate of drug-likeness (QED) is 0.640. The Bertz CT molecular complexity index is 240. The van der Waals surface area contributed by atoms with Crippen LogP contribution in [0, 0.1) is 0 Å². The zero-order valence-electron chi connectivity index (χ0n) is 7.38. The summed E-state index contributed by atoms with van der Waals surface area (Å²) in [6, 6.07) is 4.31. The molecule has 0 radical (unpaired) electrons. The van der Waals surface area contributed by atoms with Crippen molar-refractivity contribution in [2.45, 2.75) is 32.6 Å². The molecule has 0 saturated carbocycles. The Labute approximate surface area is 77.4 Å². The minimum Gasteiger partial charge on any atom is -0.303 e. The molecule has 0 atom stereocenters. The van der Waals surface area contributed by atoms with Gasteiger partial charge in [0.2, 0.25) is 0 Å². The van der Waals surface area contributed by atoms with Gasteiger partial charge >= 0.3 is 0 Å². The third-order valence-electron chi connectivity index (χ3n) is 1.72. The number of hydrogen-bond acceptors (Lipinski definition) is 2. The van der Waals surface area contributed by atoms with Gasteiger partial charge in [-0.05, 0) is 25.0 Å². The summed E-state index contributed by atoms with van der Waals surface area (Å²) in [6.45, 7) is 2.19. The van der Waals surface area contributed by atoms with Crippen LogP contribution in [0.25, 0.3) is 0 Å². The maximum absolute atomic E-state index is 10.1. The molecule has 66 valence electrons. The van der Waals surface area contributed by atoms with E-state index in [0.717, 1.165) is 12.7 Å². The van der Waals surface area contributed by atoms with Gasteiger partial charge in [0, 0.05) is 16.2 Å². The molecule has 1 nitrogen and oxygen atoms in total. The van der Waals surface area contributed by atoms with E-state index < -0.39 is 0 Å². The van der Waals surface area contributed by atoms with Crippen LogP contribution < -0.4 is 0 Å².